The Bertz CT molecular complexity index is 373. The van der Waals surface area contributed by atoms with Crippen molar-refractivity contribution in [2.75, 3.05) is 13.1 Å². The molecule has 0 saturated carbocycles. The smallest absolute Gasteiger partial charge is 0.143 e. The molecule has 2 rings (SSSR count). The Kier molecular flexibility index (Phi) is 2.87. The third-order valence-electron chi connectivity index (χ3n) is 2.96. The zero-order valence-electron chi connectivity index (χ0n) is 9.36. The molecule has 80 valence electrons. The molecular formula is C13H17NO. The second-order valence-corrected chi connectivity index (χ2v) is 4.47. The van der Waals surface area contributed by atoms with Crippen LogP contribution in [0.5, 0.6) is 0 Å². The molecule has 1 aliphatic heterocycles. The molecule has 1 heterocycles. The van der Waals surface area contributed by atoms with E-state index < -0.39 is 0 Å². The number of rotatable bonds is 2. The summed E-state index contributed by atoms with van der Waals surface area (Å²) >= 11 is 0. The second kappa shape index (κ2) is 4.15. The van der Waals surface area contributed by atoms with Gasteiger partial charge >= 0.3 is 0 Å². The van der Waals surface area contributed by atoms with E-state index in [2.05, 4.69) is 36.1 Å². The van der Waals surface area contributed by atoms with Crippen molar-refractivity contribution in [2.24, 2.45) is 0 Å². The van der Waals surface area contributed by atoms with Crippen molar-refractivity contribution in [3.05, 3.63) is 35.4 Å². The maximum Gasteiger partial charge on any atom is 0.143 e. The van der Waals surface area contributed by atoms with E-state index in [1.54, 1.807) is 6.92 Å². The lowest BCUT2D eigenvalue weighted by Crippen LogP contribution is -2.35. The van der Waals surface area contributed by atoms with Gasteiger partial charge in [-0.15, -0.1) is 0 Å². The summed E-state index contributed by atoms with van der Waals surface area (Å²) in [4.78, 5) is 13.3. The van der Waals surface area contributed by atoms with E-state index in [4.69, 9.17) is 0 Å². The summed E-state index contributed by atoms with van der Waals surface area (Å²) in [6.07, 6.45) is 0. The van der Waals surface area contributed by atoms with E-state index in [0.717, 1.165) is 13.1 Å². The highest BCUT2D eigenvalue weighted by Crippen LogP contribution is 2.27. The number of fused-ring (bicyclic) bond motifs is 1. The van der Waals surface area contributed by atoms with Crippen LogP contribution in [0.25, 0.3) is 0 Å². The summed E-state index contributed by atoms with van der Waals surface area (Å²) in [6.45, 7) is 6.38. The van der Waals surface area contributed by atoms with Crippen molar-refractivity contribution in [3.8, 4) is 0 Å². The molecule has 1 atom stereocenters. The van der Waals surface area contributed by atoms with Crippen LogP contribution in [-0.2, 0) is 11.3 Å². The van der Waals surface area contributed by atoms with Gasteiger partial charge in [-0.3, -0.25) is 9.69 Å². The summed E-state index contributed by atoms with van der Waals surface area (Å²) < 4.78 is 0. The first-order chi connectivity index (χ1) is 7.16. The Hall–Kier alpha value is -1.15. The number of ketones is 1. The molecule has 0 unspecified atom stereocenters. The van der Waals surface area contributed by atoms with E-state index in [9.17, 15) is 4.79 Å². The topological polar surface area (TPSA) is 20.3 Å². The average Bonchev–Trinajstić information content (AvgIpc) is 2.16. The number of hydrogen-bond acceptors (Lipinski definition) is 2. The fourth-order valence-electron chi connectivity index (χ4n) is 2.39. The molecule has 0 amide bonds. The average molecular weight is 203 g/mol. The summed E-state index contributed by atoms with van der Waals surface area (Å²) in [5.41, 5.74) is 2.81. The highest BCUT2D eigenvalue weighted by molar-refractivity contribution is 5.77. The molecule has 0 radical (unpaired) electrons. The Morgan fingerprint density at radius 1 is 1.47 bits per heavy atom. The summed E-state index contributed by atoms with van der Waals surface area (Å²) in [5.74, 6) is 0.788. The number of Topliss-reactive ketones (excluding diaryl/α,β-unsaturated/α-hetero) is 1. The lowest BCUT2D eigenvalue weighted by molar-refractivity contribution is -0.118. The minimum Gasteiger partial charge on any atom is -0.299 e. The number of benzene rings is 1. The van der Waals surface area contributed by atoms with Gasteiger partial charge < -0.3 is 0 Å². The maximum absolute atomic E-state index is 11.1. The first-order valence-corrected chi connectivity index (χ1v) is 5.46. The van der Waals surface area contributed by atoms with Gasteiger partial charge in [-0.25, -0.2) is 0 Å². The second-order valence-electron chi connectivity index (χ2n) is 4.47. The number of carbonyl (C=O) groups is 1. The van der Waals surface area contributed by atoms with Crippen LogP contribution >= 0.6 is 0 Å². The molecule has 1 aliphatic rings. The summed E-state index contributed by atoms with van der Waals surface area (Å²) in [5, 5.41) is 0. The molecular weight excluding hydrogens is 186 g/mol. The molecule has 15 heavy (non-hydrogen) atoms. The van der Waals surface area contributed by atoms with E-state index in [-0.39, 0.29) is 5.78 Å². The van der Waals surface area contributed by atoms with Gasteiger partial charge in [0, 0.05) is 13.1 Å². The third-order valence-corrected chi connectivity index (χ3v) is 2.96. The fourth-order valence-corrected chi connectivity index (χ4v) is 2.39. The van der Waals surface area contributed by atoms with Crippen LogP contribution in [0.1, 0.15) is 30.9 Å². The predicted molar refractivity (Wildman–Crippen MR) is 60.8 cm³/mol. The van der Waals surface area contributed by atoms with Crippen LogP contribution in [0.4, 0.5) is 0 Å². The van der Waals surface area contributed by atoms with Crippen LogP contribution in [0.15, 0.2) is 24.3 Å². The van der Waals surface area contributed by atoms with Crippen LogP contribution in [0.2, 0.25) is 0 Å². The van der Waals surface area contributed by atoms with E-state index in [1.807, 2.05) is 0 Å². The van der Waals surface area contributed by atoms with Gasteiger partial charge in [0.05, 0.1) is 6.54 Å². The lowest BCUT2D eigenvalue weighted by Gasteiger charge is -2.32. The predicted octanol–water partition coefficient (Wildman–Crippen LogP) is 2.19. The highest BCUT2D eigenvalue weighted by Gasteiger charge is 2.21. The Balaban J connectivity index is 2.19. The molecule has 0 spiro atoms. The monoisotopic (exact) mass is 203 g/mol. The van der Waals surface area contributed by atoms with Crippen molar-refractivity contribution in [1.29, 1.82) is 0 Å². The zero-order chi connectivity index (χ0) is 10.8. The van der Waals surface area contributed by atoms with E-state index >= 15 is 0 Å². The van der Waals surface area contributed by atoms with Crippen molar-refractivity contribution in [3.63, 3.8) is 0 Å². The van der Waals surface area contributed by atoms with E-state index in [1.165, 1.54) is 11.1 Å². The normalized spacial score (nSPS) is 21.1. The van der Waals surface area contributed by atoms with Crippen LogP contribution < -0.4 is 0 Å². The van der Waals surface area contributed by atoms with Crippen LogP contribution in [-0.4, -0.2) is 23.8 Å². The molecule has 2 nitrogen and oxygen atoms in total. The quantitative estimate of drug-likeness (QED) is 0.734. The van der Waals surface area contributed by atoms with Gasteiger partial charge in [0.25, 0.3) is 0 Å². The molecule has 2 heteroatoms. The standard InChI is InChI=1S/C13H17NO/c1-10-7-14(8-11(2)15)9-12-5-3-4-6-13(10)12/h3-6,10H,7-9H2,1-2H3/t10-/m0/s1. The molecule has 0 bridgehead atoms. The van der Waals surface area contributed by atoms with E-state index in [0.29, 0.717) is 12.5 Å². The van der Waals surface area contributed by atoms with Crippen LogP contribution in [0.3, 0.4) is 0 Å². The summed E-state index contributed by atoms with van der Waals surface area (Å²) in [6, 6.07) is 8.53. The van der Waals surface area contributed by atoms with Gasteiger partial charge in [-0.2, -0.15) is 0 Å². The van der Waals surface area contributed by atoms with Gasteiger partial charge in [-0.05, 0) is 24.0 Å². The van der Waals surface area contributed by atoms with Gasteiger partial charge in [0.15, 0.2) is 0 Å². The largest absolute Gasteiger partial charge is 0.299 e. The van der Waals surface area contributed by atoms with Crippen molar-refractivity contribution in [2.45, 2.75) is 26.3 Å². The Morgan fingerprint density at radius 2 is 2.20 bits per heavy atom. The van der Waals surface area contributed by atoms with Gasteiger partial charge in [0.1, 0.15) is 5.78 Å². The molecule has 1 aromatic rings. The molecule has 0 N–H and O–H groups in total. The van der Waals surface area contributed by atoms with Crippen molar-refractivity contribution >= 4 is 5.78 Å². The third kappa shape index (κ3) is 2.26. The molecule has 1 aromatic carbocycles. The van der Waals surface area contributed by atoms with Crippen molar-refractivity contribution in [1.82, 2.24) is 4.90 Å². The zero-order valence-corrected chi connectivity index (χ0v) is 9.36. The number of hydrogen-bond donors (Lipinski definition) is 0. The van der Waals surface area contributed by atoms with Gasteiger partial charge in [-0.1, -0.05) is 31.2 Å². The minimum absolute atomic E-state index is 0.251. The van der Waals surface area contributed by atoms with Crippen LogP contribution in [0, 0.1) is 0 Å². The van der Waals surface area contributed by atoms with Gasteiger partial charge in [0.2, 0.25) is 0 Å². The molecule has 0 fully saturated rings. The first kappa shape index (κ1) is 10.4. The first-order valence-electron chi connectivity index (χ1n) is 5.46. The Morgan fingerprint density at radius 3 is 2.93 bits per heavy atom. The SMILES string of the molecule is CC(=O)CN1Cc2ccccc2[C@@H](C)C1. The lowest BCUT2D eigenvalue weighted by atomic mass is 9.91. The number of carbonyl (C=O) groups excluding carboxylic acids is 1. The Labute approximate surface area is 90.9 Å². The number of nitrogens with zero attached hydrogens (tertiary/aromatic N) is 1. The van der Waals surface area contributed by atoms with Crippen molar-refractivity contribution < 1.29 is 4.79 Å². The molecule has 0 saturated heterocycles. The minimum atomic E-state index is 0.251. The highest BCUT2D eigenvalue weighted by atomic mass is 16.1. The molecule has 0 aliphatic carbocycles. The summed E-state index contributed by atoms with van der Waals surface area (Å²) in [7, 11) is 0. The molecule has 0 aromatic heterocycles. The fraction of sp³-hybridized carbons (Fsp3) is 0.462. The maximum atomic E-state index is 11.1.